The van der Waals surface area contributed by atoms with Gasteiger partial charge in [0.1, 0.15) is 0 Å². The van der Waals surface area contributed by atoms with Crippen molar-refractivity contribution in [1.29, 1.82) is 0 Å². The van der Waals surface area contributed by atoms with Gasteiger partial charge in [-0.1, -0.05) is 17.8 Å². The van der Waals surface area contributed by atoms with Crippen LogP contribution in [0.5, 0.6) is 0 Å². The minimum Gasteiger partial charge on any atom is -0.292 e. The van der Waals surface area contributed by atoms with E-state index in [1.54, 1.807) is 19.5 Å². The molecule has 2 rings (SSSR count). The zero-order valence-electron chi connectivity index (χ0n) is 10.5. The molecular formula is C12H14N4OS. The Bertz CT molecular complexity index is 510. The molecule has 6 heteroatoms. The number of pyridine rings is 1. The summed E-state index contributed by atoms with van der Waals surface area (Å²) in [6.45, 7) is 3.75. The highest BCUT2D eigenvalue weighted by atomic mass is 32.2. The molecule has 5 nitrogen and oxygen atoms in total. The van der Waals surface area contributed by atoms with Crippen LogP contribution in [0.25, 0.3) is 0 Å². The van der Waals surface area contributed by atoms with Crippen LogP contribution >= 0.6 is 11.8 Å². The third-order valence-corrected chi connectivity index (χ3v) is 3.70. The number of thioether (sulfide) groups is 1. The largest absolute Gasteiger partial charge is 0.292 e. The zero-order chi connectivity index (χ0) is 13.2. The Labute approximate surface area is 110 Å². The fraction of sp³-hybridized carbons (Fsp3) is 0.333. The van der Waals surface area contributed by atoms with Crippen molar-refractivity contribution in [3.05, 3.63) is 30.1 Å². The Morgan fingerprint density at radius 3 is 2.78 bits per heavy atom. The number of carbonyl (C=O) groups is 1. The second-order valence-electron chi connectivity index (χ2n) is 4.36. The Balaban J connectivity index is 2.12. The summed E-state index contributed by atoms with van der Waals surface area (Å²) >= 11 is 1.41. The van der Waals surface area contributed by atoms with Gasteiger partial charge in [0, 0.05) is 13.2 Å². The Kier molecular flexibility index (Phi) is 3.47. The van der Waals surface area contributed by atoms with E-state index in [0.29, 0.717) is 5.17 Å². The van der Waals surface area contributed by atoms with E-state index in [9.17, 15) is 4.79 Å². The van der Waals surface area contributed by atoms with Gasteiger partial charge in [0.05, 0.1) is 16.7 Å². The molecule has 0 bridgehead atoms. The quantitative estimate of drug-likeness (QED) is 0.602. The van der Waals surface area contributed by atoms with Gasteiger partial charge in [0.25, 0.3) is 0 Å². The van der Waals surface area contributed by atoms with Crippen molar-refractivity contribution in [3.8, 4) is 0 Å². The van der Waals surface area contributed by atoms with Crippen LogP contribution in [0, 0.1) is 0 Å². The predicted octanol–water partition coefficient (Wildman–Crippen LogP) is 1.76. The first-order valence-electron chi connectivity index (χ1n) is 5.50. The summed E-state index contributed by atoms with van der Waals surface area (Å²) in [4.78, 5) is 17.5. The summed E-state index contributed by atoms with van der Waals surface area (Å²) in [5, 5.41) is 8.63. The average Bonchev–Trinajstić information content (AvgIpc) is 2.54. The molecule has 94 valence electrons. The molecular weight excluding hydrogens is 248 g/mol. The lowest BCUT2D eigenvalue weighted by Gasteiger charge is -2.11. The number of amidine groups is 1. The highest BCUT2D eigenvalue weighted by Gasteiger charge is 2.42. The standard InChI is InChI=1S/C12H14N4OS/c1-12(2)10(17)16(3)11(18-12)15-14-8-9-6-4-5-7-13-9/h4-8H,1-3H3/b14-8+,15-11+. The van der Waals surface area contributed by atoms with Crippen molar-refractivity contribution < 1.29 is 4.79 Å². The fourth-order valence-electron chi connectivity index (χ4n) is 1.51. The maximum atomic E-state index is 11.8. The van der Waals surface area contributed by atoms with Crippen molar-refractivity contribution in [3.63, 3.8) is 0 Å². The molecule has 0 radical (unpaired) electrons. The molecule has 1 aliphatic rings. The SMILES string of the molecule is CN1C(=O)C(C)(C)S/C1=N/N=C/c1ccccn1. The molecule has 18 heavy (non-hydrogen) atoms. The van der Waals surface area contributed by atoms with E-state index >= 15 is 0 Å². The van der Waals surface area contributed by atoms with Gasteiger partial charge < -0.3 is 0 Å². The number of nitrogens with zero attached hydrogens (tertiary/aromatic N) is 4. The predicted molar refractivity (Wildman–Crippen MR) is 73.7 cm³/mol. The van der Waals surface area contributed by atoms with Gasteiger partial charge in [-0.2, -0.15) is 5.10 Å². The van der Waals surface area contributed by atoms with Crippen LogP contribution in [0.2, 0.25) is 0 Å². The summed E-state index contributed by atoms with van der Waals surface area (Å²) < 4.78 is -0.464. The number of hydrogen-bond acceptors (Lipinski definition) is 5. The first-order valence-corrected chi connectivity index (χ1v) is 6.31. The number of hydrogen-bond donors (Lipinski definition) is 0. The summed E-state index contributed by atoms with van der Waals surface area (Å²) in [5.41, 5.74) is 0.734. The van der Waals surface area contributed by atoms with Crippen LogP contribution in [0.15, 0.2) is 34.6 Å². The molecule has 1 aromatic rings. The highest BCUT2D eigenvalue weighted by molar-refractivity contribution is 8.16. The summed E-state index contributed by atoms with van der Waals surface area (Å²) in [5.74, 6) is 0.0410. The molecule has 1 aromatic heterocycles. The maximum absolute atomic E-state index is 11.8. The molecule has 1 saturated heterocycles. The van der Waals surface area contributed by atoms with Gasteiger partial charge in [-0.3, -0.25) is 14.7 Å². The van der Waals surface area contributed by atoms with E-state index < -0.39 is 4.75 Å². The molecule has 0 aliphatic carbocycles. The van der Waals surface area contributed by atoms with Crippen LogP contribution in [0.4, 0.5) is 0 Å². The minimum absolute atomic E-state index is 0.0410. The van der Waals surface area contributed by atoms with Crippen LogP contribution in [-0.4, -0.2) is 39.0 Å². The molecule has 0 spiro atoms. The first kappa shape index (κ1) is 12.8. The van der Waals surface area contributed by atoms with Crippen LogP contribution in [0.1, 0.15) is 19.5 Å². The van der Waals surface area contributed by atoms with Crippen molar-refractivity contribution >= 4 is 29.1 Å². The number of aromatic nitrogens is 1. The minimum atomic E-state index is -0.464. The van der Waals surface area contributed by atoms with Gasteiger partial charge >= 0.3 is 0 Å². The van der Waals surface area contributed by atoms with Crippen LogP contribution < -0.4 is 0 Å². The molecule has 2 heterocycles. The number of amides is 1. The molecule has 1 fully saturated rings. The number of rotatable bonds is 2. The van der Waals surface area contributed by atoms with Crippen LogP contribution in [0.3, 0.4) is 0 Å². The summed E-state index contributed by atoms with van der Waals surface area (Å²) in [6.07, 6.45) is 3.26. The zero-order valence-corrected chi connectivity index (χ0v) is 11.3. The van der Waals surface area contributed by atoms with Gasteiger partial charge in [-0.25, -0.2) is 0 Å². The van der Waals surface area contributed by atoms with E-state index in [1.165, 1.54) is 16.7 Å². The second-order valence-corrected chi connectivity index (χ2v) is 5.95. The molecule has 0 aromatic carbocycles. The Morgan fingerprint density at radius 2 is 2.22 bits per heavy atom. The number of carbonyl (C=O) groups excluding carboxylic acids is 1. The Hall–Kier alpha value is -1.69. The van der Waals surface area contributed by atoms with Gasteiger partial charge in [-0.15, -0.1) is 5.10 Å². The Morgan fingerprint density at radius 1 is 1.44 bits per heavy atom. The van der Waals surface area contributed by atoms with Crippen molar-refractivity contribution in [2.75, 3.05) is 7.05 Å². The van der Waals surface area contributed by atoms with E-state index in [1.807, 2.05) is 32.0 Å². The first-order chi connectivity index (χ1) is 8.50. The molecule has 0 N–H and O–H groups in total. The molecule has 1 aliphatic heterocycles. The third-order valence-electron chi connectivity index (χ3n) is 2.47. The van der Waals surface area contributed by atoms with E-state index in [4.69, 9.17) is 0 Å². The van der Waals surface area contributed by atoms with Crippen LogP contribution in [-0.2, 0) is 4.79 Å². The van der Waals surface area contributed by atoms with Crippen molar-refractivity contribution in [2.24, 2.45) is 10.2 Å². The molecule has 0 saturated carbocycles. The summed E-state index contributed by atoms with van der Waals surface area (Å²) in [7, 11) is 1.71. The monoisotopic (exact) mass is 262 g/mol. The van der Waals surface area contributed by atoms with Gasteiger partial charge in [0.2, 0.25) is 5.91 Å². The lowest BCUT2D eigenvalue weighted by atomic mass is 10.2. The average molecular weight is 262 g/mol. The van der Waals surface area contributed by atoms with E-state index in [-0.39, 0.29) is 5.91 Å². The lowest BCUT2D eigenvalue weighted by molar-refractivity contribution is -0.127. The lowest BCUT2D eigenvalue weighted by Crippen LogP contribution is -2.32. The highest BCUT2D eigenvalue weighted by Crippen LogP contribution is 2.35. The van der Waals surface area contributed by atoms with Gasteiger partial charge in [-0.05, 0) is 26.0 Å². The fourth-order valence-corrected chi connectivity index (χ4v) is 2.50. The molecule has 1 amide bonds. The van der Waals surface area contributed by atoms with Gasteiger partial charge in [0.15, 0.2) is 5.17 Å². The van der Waals surface area contributed by atoms with E-state index in [2.05, 4.69) is 15.2 Å². The normalized spacial score (nSPS) is 21.2. The topological polar surface area (TPSA) is 57.9 Å². The summed E-state index contributed by atoms with van der Waals surface area (Å²) in [6, 6.07) is 5.56. The van der Waals surface area contributed by atoms with E-state index in [0.717, 1.165) is 5.69 Å². The molecule has 0 atom stereocenters. The maximum Gasteiger partial charge on any atom is 0.244 e. The van der Waals surface area contributed by atoms with Crippen molar-refractivity contribution in [2.45, 2.75) is 18.6 Å². The van der Waals surface area contributed by atoms with Crippen molar-refractivity contribution in [1.82, 2.24) is 9.88 Å². The third kappa shape index (κ3) is 2.59. The molecule has 0 unspecified atom stereocenters. The smallest absolute Gasteiger partial charge is 0.244 e. The second kappa shape index (κ2) is 4.89.